The van der Waals surface area contributed by atoms with Crippen LogP contribution < -0.4 is 0 Å². The lowest BCUT2D eigenvalue weighted by molar-refractivity contribution is 0.0516. The van der Waals surface area contributed by atoms with Crippen LogP contribution in [0.3, 0.4) is 0 Å². The summed E-state index contributed by atoms with van der Waals surface area (Å²) in [6.45, 7) is 11.3. The summed E-state index contributed by atoms with van der Waals surface area (Å²) in [7, 11) is 1.78. The first kappa shape index (κ1) is 15.3. The fourth-order valence-corrected chi connectivity index (χ4v) is 2.52. The van der Waals surface area contributed by atoms with Gasteiger partial charge in [0.25, 0.3) is 0 Å². The molecule has 0 aliphatic heterocycles. The van der Waals surface area contributed by atoms with E-state index in [0.29, 0.717) is 23.6 Å². The first-order chi connectivity index (χ1) is 10.0. The minimum atomic E-state index is -0.407. The van der Waals surface area contributed by atoms with Gasteiger partial charge in [-0.25, -0.2) is 9.64 Å². The highest BCUT2D eigenvalue weighted by Crippen LogP contribution is 2.39. The van der Waals surface area contributed by atoms with E-state index in [0.717, 1.165) is 15.7 Å². The Bertz CT molecular complexity index is 724. The maximum Gasteiger partial charge on any atom is 0.354 e. The van der Waals surface area contributed by atoms with Gasteiger partial charge in [0.15, 0.2) is 0 Å². The van der Waals surface area contributed by atoms with Crippen LogP contribution in [-0.2, 0) is 11.8 Å². The first-order valence-electron chi connectivity index (χ1n) is 6.51. The Hall–Kier alpha value is -2.06. The first-order valence-corrected chi connectivity index (χ1v) is 7.30. The SMILES string of the molecule is [C-]#[N+]c1c(-c2ccc(Br)cc2)c(C(=O)OCC)n(C)c1C. The molecule has 0 spiro atoms. The maximum atomic E-state index is 12.3. The van der Waals surface area contributed by atoms with E-state index in [1.54, 1.807) is 18.5 Å². The second-order valence-electron chi connectivity index (χ2n) is 4.56. The quantitative estimate of drug-likeness (QED) is 0.606. The molecule has 21 heavy (non-hydrogen) atoms. The predicted octanol–water partition coefficient (Wildman–Crippen LogP) is 4.49. The van der Waals surface area contributed by atoms with Crippen molar-refractivity contribution in [2.45, 2.75) is 13.8 Å². The Labute approximate surface area is 132 Å². The molecular formula is C16H15BrN2O2. The van der Waals surface area contributed by atoms with Gasteiger partial charge in [-0.05, 0) is 31.5 Å². The highest BCUT2D eigenvalue weighted by atomic mass is 79.9. The number of halogens is 1. The van der Waals surface area contributed by atoms with Crippen molar-refractivity contribution in [3.05, 3.63) is 51.5 Å². The van der Waals surface area contributed by atoms with E-state index in [9.17, 15) is 4.79 Å². The molecule has 0 aliphatic rings. The zero-order valence-electron chi connectivity index (χ0n) is 12.1. The average molecular weight is 347 g/mol. The molecule has 0 radical (unpaired) electrons. The molecule has 2 rings (SSSR count). The number of rotatable bonds is 3. The van der Waals surface area contributed by atoms with E-state index in [-0.39, 0.29) is 0 Å². The van der Waals surface area contributed by atoms with Crippen molar-refractivity contribution >= 4 is 27.6 Å². The molecule has 0 saturated carbocycles. The highest BCUT2D eigenvalue weighted by Gasteiger charge is 2.25. The molecule has 5 heteroatoms. The van der Waals surface area contributed by atoms with Crippen molar-refractivity contribution in [2.75, 3.05) is 6.61 Å². The van der Waals surface area contributed by atoms with E-state index in [1.165, 1.54) is 0 Å². The van der Waals surface area contributed by atoms with Gasteiger partial charge in [0, 0.05) is 22.8 Å². The maximum absolute atomic E-state index is 12.3. The van der Waals surface area contributed by atoms with Gasteiger partial charge in [-0.1, -0.05) is 28.1 Å². The van der Waals surface area contributed by atoms with Crippen LogP contribution in [0.4, 0.5) is 5.69 Å². The van der Waals surface area contributed by atoms with Gasteiger partial charge in [0.1, 0.15) is 5.69 Å². The van der Waals surface area contributed by atoms with E-state index >= 15 is 0 Å². The highest BCUT2D eigenvalue weighted by molar-refractivity contribution is 9.10. The number of carbonyl (C=O) groups excluding carboxylic acids is 1. The van der Waals surface area contributed by atoms with Crippen molar-refractivity contribution in [3.63, 3.8) is 0 Å². The van der Waals surface area contributed by atoms with Crippen molar-refractivity contribution in [1.82, 2.24) is 4.57 Å². The van der Waals surface area contributed by atoms with Crippen LogP contribution in [0.2, 0.25) is 0 Å². The van der Waals surface area contributed by atoms with Crippen LogP contribution in [0.25, 0.3) is 16.0 Å². The smallest absolute Gasteiger partial charge is 0.354 e. The van der Waals surface area contributed by atoms with Crippen LogP contribution in [-0.4, -0.2) is 17.1 Å². The summed E-state index contributed by atoms with van der Waals surface area (Å²) >= 11 is 3.39. The largest absolute Gasteiger partial charge is 0.461 e. The Balaban J connectivity index is 2.73. The molecule has 0 N–H and O–H groups in total. The topological polar surface area (TPSA) is 35.6 Å². The number of aromatic nitrogens is 1. The normalized spacial score (nSPS) is 10.2. The molecule has 0 bridgehead atoms. The van der Waals surface area contributed by atoms with E-state index in [2.05, 4.69) is 20.8 Å². The molecule has 1 aromatic carbocycles. The molecule has 0 atom stereocenters. The van der Waals surface area contributed by atoms with Crippen molar-refractivity contribution < 1.29 is 9.53 Å². The fraction of sp³-hybridized carbons (Fsp3) is 0.250. The molecule has 0 saturated heterocycles. The van der Waals surface area contributed by atoms with Gasteiger partial charge in [-0.15, -0.1) is 0 Å². The molecule has 0 unspecified atom stereocenters. The van der Waals surface area contributed by atoms with Crippen LogP contribution >= 0.6 is 15.9 Å². The third kappa shape index (κ3) is 2.72. The lowest BCUT2D eigenvalue weighted by Crippen LogP contribution is -2.11. The summed E-state index contributed by atoms with van der Waals surface area (Å²) in [6, 6.07) is 7.55. The predicted molar refractivity (Wildman–Crippen MR) is 85.5 cm³/mol. The summed E-state index contributed by atoms with van der Waals surface area (Å²) in [5.41, 5.74) is 3.13. The van der Waals surface area contributed by atoms with Crippen LogP contribution in [0.15, 0.2) is 28.7 Å². The van der Waals surface area contributed by atoms with Gasteiger partial charge in [0.05, 0.1) is 13.2 Å². The average Bonchev–Trinajstić information content (AvgIpc) is 2.72. The van der Waals surface area contributed by atoms with Gasteiger partial charge >= 0.3 is 5.97 Å². The van der Waals surface area contributed by atoms with Gasteiger partial charge in [-0.3, -0.25) is 0 Å². The van der Waals surface area contributed by atoms with Crippen molar-refractivity contribution in [2.24, 2.45) is 7.05 Å². The summed E-state index contributed by atoms with van der Waals surface area (Å²) < 4.78 is 7.81. The number of esters is 1. The molecule has 1 heterocycles. The number of nitrogens with zero attached hydrogens (tertiary/aromatic N) is 2. The third-order valence-corrected chi connectivity index (χ3v) is 3.90. The molecule has 4 nitrogen and oxygen atoms in total. The van der Waals surface area contributed by atoms with E-state index < -0.39 is 5.97 Å². The molecule has 2 aromatic rings. The standard InChI is InChI=1S/C16H15BrN2O2/c1-5-21-16(20)15-13(11-6-8-12(17)9-7-11)14(18-3)10(2)19(15)4/h6-9H,5H2,1-2,4H3. The Morgan fingerprint density at radius 3 is 2.52 bits per heavy atom. The molecule has 1 aromatic heterocycles. The molecule has 108 valence electrons. The van der Waals surface area contributed by atoms with E-state index in [4.69, 9.17) is 11.3 Å². The minimum Gasteiger partial charge on any atom is -0.461 e. The second-order valence-corrected chi connectivity index (χ2v) is 5.47. The van der Waals surface area contributed by atoms with Crippen molar-refractivity contribution in [3.8, 4) is 11.1 Å². The minimum absolute atomic E-state index is 0.302. The number of hydrogen-bond acceptors (Lipinski definition) is 2. The molecular weight excluding hydrogens is 332 g/mol. The zero-order valence-corrected chi connectivity index (χ0v) is 13.7. The molecule has 0 amide bonds. The fourth-order valence-electron chi connectivity index (χ4n) is 2.25. The Morgan fingerprint density at radius 2 is 2.00 bits per heavy atom. The van der Waals surface area contributed by atoms with E-state index in [1.807, 2.05) is 31.2 Å². The van der Waals surface area contributed by atoms with Crippen molar-refractivity contribution in [1.29, 1.82) is 0 Å². The Morgan fingerprint density at radius 1 is 1.38 bits per heavy atom. The van der Waals surface area contributed by atoms with Gasteiger partial charge in [-0.2, -0.15) is 0 Å². The summed E-state index contributed by atoms with van der Waals surface area (Å²) in [4.78, 5) is 15.9. The number of hydrogen-bond donors (Lipinski definition) is 0. The van der Waals surface area contributed by atoms with Crippen LogP contribution in [0.1, 0.15) is 23.1 Å². The third-order valence-electron chi connectivity index (χ3n) is 3.37. The van der Waals surface area contributed by atoms with Crippen LogP contribution in [0.5, 0.6) is 0 Å². The summed E-state index contributed by atoms with van der Waals surface area (Å²) in [6.07, 6.45) is 0. The number of carbonyl (C=O) groups is 1. The van der Waals surface area contributed by atoms with Gasteiger partial charge in [0.2, 0.25) is 5.69 Å². The lowest BCUT2D eigenvalue weighted by Gasteiger charge is -2.08. The number of ether oxygens (including phenoxy) is 1. The summed E-state index contributed by atoms with van der Waals surface area (Å²) in [5.74, 6) is -0.407. The Kier molecular flexibility index (Phi) is 4.49. The monoisotopic (exact) mass is 346 g/mol. The number of benzene rings is 1. The van der Waals surface area contributed by atoms with Crippen LogP contribution in [0, 0.1) is 13.5 Å². The molecule has 0 fully saturated rings. The zero-order chi connectivity index (χ0) is 15.6. The second kappa shape index (κ2) is 6.15. The van der Waals surface area contributed by atoms with Gasteiger partial charge < -0.3 is 9.30 Å². The summed E-state index contributed by atoms with van der Waals surface area (Å²) in [5, 5.41) is 0. The lowest BCUT2D eigenvalue weighted by atomic mass is 10.0. The molecule has 0 aliphatic carbocycles.